The lowest BCUT2D eigenvalue weighted by Gasteiger charge is -2.16. The zero-order valence-electron chi connectivity index (χ0n) is 8.78. The highest BCUT2D eigenvalue weighted by Gasteiger charge is 2.09. The van der Waals surface area contributed by atoms with Crippen molar-refractivity contribution in [1.82, 2.24) is 0 Å². The summed E-state index contributed by atoms with van der Waals surface area (Å²) in [5.74, 6) is -0.337. The standard InChI is InChI=1S/C11H14BrClFN/c1-3-7(4-2)15-8-5-9(13)11(12)10(14)6-8/h5-7,15H,3-4H2,1-2H3. The van der Waals surface area contributed by atoms with Gasteiger partial charge in [0.15, 0.2) is 0 Å². The van der Waals surface area contributed by atoms with E-state index in [9.17, 15) is 4.39 Å². The molecular formula is C11H14BrClFN. The summed E-state index contributed by atoms with van der Waals surface area (Å²) in [7, 11) is 0. The van der Waals surface area contributed by atoms with Gasteiger partial charge in [-0.05, 0) is 40.9 Å². The van der Waals surface area contributed by atoms with Gasteiger partial charge in [-0.2, -0.15) is 0 Å². The van der Waals surface area contributed by atoms with Gasteiger partial charge in [-0.25, -0.2) is 4.39 Å². The average Bonchev–Trinajstić information content (AvgIpc) is 2.22. The van der Waals surface area contributed by atoms with E-state index in [1.165, 1.54) is 6.07 Å². The van der Waals surface area contributed by atoms with E-state index in [-0.39, 0.29) is 5.82 Å². The van der Waals surface area contributed by atoms with Gasteiger partial charge >= 0.3 is 0 Å². The number of halogens is 3. The highest BCUT2D eigenvalue weighted by atomic mass is 79.9. The SMILES string of the molecule is CCC(CC)Nc1cc(F)c(Br)c(Cl)c1. The normalized spacial score (nSPS) is 10.8. The monoisotopic (exact) mass is 293 g/mol. The van der Waals surface area contributed by atoms with Crippen LogP contribution in [0.4, 0.5) is 10.1 Å². The van der Waals surface area contributed by atoms with E-state index in [2.05, 4.69) is 35.1 Å². The van der Waals surface area contributed by atoms with Gasteiger partial charge in [-0.1, -0.05) is 25.4 Å². The molecule has 0 aliphatic rings. The summed E-state index contributed by atoms with van der Waals surface area (Å²) in [5, 5.41) is 3.63. The van der Waals surface area contributed by atoms with Crippen LogP contribution < -0.4 is 5.32 Å². The Kier molecular flexibility index (Phi) is 4.87. The lowest BCUT2D eigenvalue weighted by Crippen LogP contribution is -2.16. The minimum atomic E-state index is -0.337. The molecule has 0 unspecified atom stereocenters. The first-order valence-electron chi connectivity index (χ1n) is 4.99. The van der Waals surface area contributed by atoms with Crippen LogP contribution >= 0.6 is 27.5 Å². The van der Waals surface area contributed by atoms with E-state index in [0.717, 1.165) is 18.5 Å². The topological polar surface area (TPSA) is 12.0 Å². The first-order chi connectivity index (χ1) is 7.08. The molecule has 1 aromatic rings. The van der Waals surface area contributed by atoms with Gasteiger partial charge in [-0.3, -0.25) is 0 Å². The number of hydrogen-bond donors (Lipinski definition) is 1. The molecule has 0 saturated heterocycles. The summed E-state index contributed by atoms with van der Waals surface area (Å²) in [5.41, 5.74) is 0.731. The van der Waals surface area contributed by atoms with Crippen LogP contribution in [0.15, 0.2) is 16.6 Å². The summed E-state index contributed by atoms with van der Waals surface area (Å²) in [6.45, 7) is 4.19. The molecule has 0 saturated carbocycles. The molecule has 84 valence electrons. The zero-order valence-corrected chi connectivity index (χ0v) is 11.1. The molecule has 4 heteroatoms. The molecule has 15 heavy (non-hydrogen) atoms. The molecule has 1 aromatic carbocycles. The van der Waals surface area contributed by atoms with Crippen LogP contribution in [-0.4, -0.2) is 6.04 Å². The maximum absolute atomic E-state index is 13.3. The van der Waals surface area contributed by atoms with Crippen molar-refractivity contribution in [3.8, 4) is 0 Å². The number of anilines is 1. The zero-order chi connectivity index (χ0) is 11.4. The largest absolute Gasteiger partial charge is 0.382 e. The second-order valence-corrected chi connectivity index (χ2v) is 4.61. The quantitative estimate of drug-likeness (QED) is 0.783. The van der Waals surface area contributed by atoms with Crippen LogP contribution in [0.3, 0.4) is 0 Å². The van der Waals surface area contributed by atoms with Crippen molar-refractivity contribution in [1.29, 1.82) is 0 Å². The Morgan fingerprint density at radius 1 is 1.40 bits per heavy atom. The van der Waals surface area contributed by atoms with E-state index in [4.69, 9.17) is 11.6 Å². The number of nitrogens with one attached hydrogen (secondary N) is 1. The minimum absolute atomic E-state index is 0.319. The van der Waals surface area contributed by atoms with Gasteiger partial charge in [-0.15, -0.1) is 0 Å². The van der Waals surface area contributed by atoms with Crippen molar-refractivity contribution < 1.29 is 4.39 Å². The lowest BCUT2D eigenvalue weighted by molar-refractivity contribution is 0.619. The lowest BCUT2D eigenvalue weighted by atomic mass is 10.1. The molecule has 0 amide bonds. The molecule has 1 nitrogen and oxygen atoms in total. The van der Waals surface area contributed by atoms with Crippen molar-refractivity contribution in [2.45, 2.75) is 32.7 Å². The van der Waals surface area contributed by atoms with Crippen LogP contribution in [0.5, 0.6) is 0 Å². The van der Waals surface area contributed by atoms with Crippen LogP contribution in [0.2, 0.25) is 5.02 Å². The maximum atomic E-state index is 13.3. The summed E-state index contributed by atoms with van der Waals surface area (Å²) in [6.07, 6.45) is 2.01. The van der Waals surface area contributed by atoms with Crippen LogP contribution in [0, 0.1) is 5.82 Å². The Labute approximate surface area is 103 Å². The predicted octanol–water partition coefficient (Wildman–Crippen LogP) is 4.84. The molecule has 0 atom stereocenters. The van der Waals surface area contributed by atoms with Gasteiger partial charge in [0.25, 0.3) is 0 Å². The minimum Gasteiger partial charge on any atom is -0.382 e. The molecule has 0 radical (unpaired) electrons. The summed E-state index contributed by atoms with van der Waals surface area (Å²) in [4.78, 5) is 0. The third kappa shape index (κ3) is 3.35. The van der Waals surface area contributed by atoms with Crippen molar-refractivity contribution in [2.24, 2.45) is 0 Å². The smallest absolute Gasteiger partial charge is 0.140 e. The molecule has 0 bridgehead atoms. The van der Waals surface area contributed by atoms with Crippen molar-refractivity contribution in [3.05, 3.63) is 27.4 Å². The van der Waals surface area contributed by atoms with Crippen LogP contribution in [0.1, 0.15) is 26.7 Å². The summed E-state index contributed by atoms with van der Waals surface area (Å²) < 4.78 is 13.6. The second kappa shape index (κ2) is 5.71. The highest BCUT2D eigenvalue weighted by Crippen LogP contribution is 2.29. The van der Waals surface area contributed by atoms with Crippen LogP contribution in [0.25, 0.3) is 0 Å². The first-order valence-corrected chi connectivity index (χ1v) is 6.16. The molecule has 0 aromatic heterocycles. The molecule has 0 aliphatic heterocycles. The Balaban J connectivity index is 2.87. The Hall–Kier alpha value is -0.280. The number of benzene rings is 1. The van der Waals surface area contributed by atoms with Gasteiger partial charge in [0.2, 0.25) is 0 Å². The average molecular weight is 295 g/mol. The summed E-state index contributed by atoms with van der Waals surface area (Å²) in [6, 6.07) is 3.54. The van der Waals surface area contributed by atoms with Crippen LogP contribution in [-0.2, 0) is 0 Å². The molecule has 0 spiro atoms. The third-order valence-electron chi connectivity index (χ3n) is 2.34. The predicted molar refractivity (Wildman–Crippen MR) is 67.1 cm³/mol. The van der Waals surface area contributed by atoms with Gasteiger partial charge < -0.3 is 5.32 Å². The number of hydrogen-bond acceptors (Lipinski definition) is 1. The summed E-state index contributed by atoms with van der Waals surface area (Å²) >= 11 is 8.94. The molecule has 1 rings (SSSR count). The second-order valence-electron chi connectivity index (χ2n) is 3.41. The maximum Gasteiger partial charge on any atom is 0.140 e. The fourth-order valence-corrected chi connectivity index (χ4v) is 1.80. The number of rotatable bonds is 4. The Bertz CT molecular complexity index is 316. The van der Waals surface area contributed by atoms with Gasteiger partial charge in [0, 0.05) is 11.7 Å². The van der Waals surface area contributed by atoms with Crippen molar-refractivity contribution >= 4 is 33.2 Å². The molecule has 0 fully saturated rings. The van der Waals surface area contributed by atoms with E-state index in [0.29, 0.717) is 15.5 Å². The van der Waals surface area contributed by atoms with E-state index in [1.54, 1.807) is 6.07 Å². The van der Waals surface area contributed by atoms with Gasteiger partial charge in [0.1, 0.15) is 5.82 Å². The van der Waals surface area contributed by atoms with Crippen molar-refractivity contribution in [3.63, 3.8) is 0 Å². The Morgan fingerprint density at radius 2 is 2.00 bits per heavy atom. The highest BCUT2D eigenvalue weighted by molar-refractivity contribution is 9.10. The third-order valence-corrected chi connectivity index (χ3v) is 3.67. The molecule has 0 heterocycles. The van der Waals surface area contributed by atoms with E-state index >= 15 is 0 Å². The molecular weight excluding hydrogens is 280 g/mol. The van der Waals surface area contributed by atoms with E-state index in [1.807, 2.05) is 0 Å². The molecule has 1 N–H and O–H groups in total. The fourth-order valence-electron chi connectivity index (χ4n) is 1.37. The van der Waals surface area contributed by atoms with E-state index < -0.39 is 0 Å². The fraction of sp³-hybridized carbons (Fsp3) is 0.455. The first kappa shape index (κ1) is 12.8. The molecule has 0 aliphatic carbocycles. The van der Waals surface area contributed by atoms with Crippen molar-refractivity contribution in [2.75, 3.05) is 5.32 Å². The van der Waals surface area contributed by atoms with Gasteiger partial charge in [0.05, 0.1) is 9.50 Å². The Morgan fingerprint density at radius 3 is 2.47 bits per heavy atom.